The van der Waals surface area contributed by atoms with Crippen molar-refractivity contribution in [2.24, 2.45) is 16.3 Å². The number of amidine groups is 1. The van der Waals surface area contributed by atoms with Crippen molar-refractivity contribution in [3.05, 3.63) is 0 Å². The third-order valence-corrected chi connectivity index (χ3v) is 6.68. The minimum absolute atomic E-state index is 0.0608. The molecule has 2 aliphatic rings. The summed E-state index contributed by atoms with van der Waals surface area (Å²) < 4.78 is 0.165. The van der Waals surface area contributed by atoms with E-state index in [1.807, 2.05) is 11.8 Å². The van der Waals surface area contributed by atoms with Gasteiger partial charge in [-0.25, -0.2) is 0 Å². The van der Waals surface area contributed by atoms with Crippen molar-refractivity contribution in [2.75, 3.05) is 12.8 Å². The van der Waals surface area contributed by atoms with Gasteiger partial charge in [0.25, 0.3) is 0 Å². The number of hydrogen-bond acceptors (Lipinski definition) is 4. The number of carbonyl (C=O) groups excluding carboxylic acids is 1. The van der Waals surface area contributed by atoms with Gasteiger partial charge in [-0.05, 0) is 31.9 Å². The molecular formula is C15H27N3O2S. The van der Waals surface area contributed by atoms with E-state index < -0.39 is 5.41 Å². The molecule has 0 unspecified atom stereocenters. The summed E-state index contributed by atoms with van der Waals surface area (Å²) in [4.78, 5) is 12.7. The number of hydrogen-bond donors (Lipinski definition) is 3. The highest BCUT2D eigenvalue weighted by molar-refractivity contribution is 8.00. The van der Waals surface area contributed by atoms with Crippen LogP contribution >= 0.6 is 11.8 Å². The fourth-order valence-corrected chi connectivity index (χ4v) is 4.65. The van der Waals surface area contributed by atoms with E-state index in [0.717, 1.165) is 25.7 Å². The van der Waals surface area contributed by atoms with Crippen LogP contribution in [0.2, 0.25) is 0 Å². The van der Waals surface area contributed by atoms with Crippen LogP contribution in [0.25, 0.3) is 0 Å². The Kier molecular flexibility index (Phi) is 5.41. The molecule has 0 heterocycles. The van der Waals surface area contributed by atoms with Crippen LogP contribution < -0.4 is 11.1 Å². The molecule has 0 spiro atoms. The lowest BCUT2D eigenvalue weighted by atomic mass is 9.83. The fraction of sp³-hybridized carbons (Fsp3) is 0.867. The molecule has 0 aromatic heterocycles. The quantitative estimate of drug-likeness (QED) is 0.315. The third-order valence-electron chi connectivity index (χ3n) is 5.26. The number of thioether (sulfide) groups is 1. The molecule has 0 saturated heterocycles. The average molecular weight is 313 g/mol. The van der Waals surface area contributed by atoms with Crippen molar-refractivity contribution in [2.45, 2.75) is 62.5 Å². The predicted octanol–water partition coefficient (Wildman–Crippen LogP) is 2.48. The number of rotatable bonds is 5. The molecule has 2 aliphatic carbocycles. The van der Waals surface area contributed by atoms with Crippen molar-refractivity contribution in [3.63, 3.8) is 0 Å². The summed E-state index contributed by atoms with van der Waals surface area (Å²) in [7, 11) is 0. The Hall–Kier alpha value is -0.910. The van der Waals surface area contributed by atoms with Gasteiger partial charge in [-0.3, -0.25) is 4.79 Å². The Morgan fingerprint density at radius 1 is 1.19 bits per heavy atom. The van der Waals surface area contributed by atoms with Gasteiger partial charge in [0.1, 0.15) is 5.41 Å². The second-order valence-corrected chi connectivity index (χ2v) is 7.68. The first-order valence-corrected chi connectivity index (χ1v) is 9.12. The first-order valence-electron chi connectivity index (χ1n) is 7.90. The summed E-state index contributed by atoms with van der Waals surface area (Å²) in [5.41, 5.74) is 5.03. The maximum absolute atomic E-state index is 12.7. The third kappa shape index (κ3) is 3.30. The van der Waals surface area contributed by atoms with Crippen molar-refractivity contribution in [1.29, 1.82) is 0 Å². The average Bonchev–Trinajstić information content (AvgIpc) is 3.03. The highest BCUT2D eigenvalue weighted by Crippen LogP contribution is 2.40. The van der Waals surface area contributed by atoms with E-state index in [4.69, 9.17) is 10.9 Å². The summed E-state index contributed by atoms with van der Waals surface area (Å²) in [6.07, 6.45) is 11.5. The number of carbonyl (C=O) groups is 1. The molecule has 2 fully saturated rings. The lowest BCUT2D eigenvalue weighted by Gasteiger charge is -2.37. The summed E-state index contributed by atoms with van der Waals surface area (Å²) in [5.74, 6) is 0.00800. The zero-order chi connectivity index (χ0) is 15.3. The Labute approximate surface area is 131 Å². The normalized spacial score (nSPS) is 24.7. The van der Waals surface area contributed by atoms with Crippen molar-refractivity contribution < 1.29 is 10.0 Å². The Morgan fingerprint density at radius 2 is 1.76 bits per heavy atom. The fourth-order valence-electron chi connectivity index (χ4n) is 3.73. The summed E-state index contributed by atoms with van der Waals surface area (Å²) >= 11 is 1.87. The summed E-state index contributed by atoms with van der Waals surface area (Å²) in [6.45, 7) is 0.688. The SMILES string of the molecule is CSC1(CNC(=O)C2(C(N)=NO)CCCC2)CCCCC1. The van der Waals surface area contributed by atoms with E-state index in [0.29, 0.717) is 19.4 Å². The molecule has 120 valence electrons. The number of amides is 1. The highest BCUT2D eigenvalue weighted by Gasteiger charge is 2.46. The zero-order valence-electron chi connectivity index (χ0n) is 12.9. The van der Waals surface area contributed by atoms with E-state index in [9.17, 15) is 4.79 Å². The molecule has 0 aromatic carbocycles. The monoisotopic (exact) mass is 313 g/mol. The van der Waals surface area contributed by atoms with Gasteiger partial charge in [0.2, 0.25) is 5.91 Å². The van der Waals surface area contributed by atoms with E-state index in [2.05, 4.69) is 16.7 Å². The van der Waals surface area contributed by atoms with E-state index >= 15 is 0 Å². The van der Waals surface area contributed by atoms with Gasteiger partial charge in [-0.1, -0.05) is 37.3 Å². The summed E-state index contributed by atoms with van der Waals surface area (Å²) in [5, 5.41) is 15.2. The van der Waals surface area contributed by atoms with E-state index in [-0.39, 0.29) is 16.5 Å². The largest absolute Gasteiger partial charge is 0.409 e. The molecule has 2 rings (SSSR count). The van der Waals surface area contributed by atoms with Crippen molar-refractivity contribution >= 4 is 23.5 Å². The van der Waals surface area contributed by atoms with Crippen molar-refractivity contribution in [3.8, 4) is 0 Å². The number of nitrogens with two attached hydrogens (primary N) is 1. The van der Waals surface area contributed by atoms with Gasteiger partial charge in [-0.2, -0.15) is 11.8 Å². The van der Waals surface area contributed by atoms with Crippen LogP contribution in [0.1, 0.15) is 57.8 Å². The van der Waals surface area contributed by atoms with Gasteiger partial charge in [-0.15, -0.1) is 0 Å². The second kappa shape index (κ2) is 6.90. The van der Waals surface area contributed by atoms with Crippen LogP contribution in [0.5, 0.6) is 0 Å². The smallest absolute Gasteiger partial charge is 0.234 e. The van der Waals surface area contributed by atoms with Gasteiger partial charge in [0.05, 0.1) is 0 Å². The van der Waals surface area contributed by atoms with Crippen LogP contribution in [0.15, 0.2) is 5.16 Å². The van der Waals surface area contributed by atoms with Gasteiger partial charge in [0, 0.05) is 11.3 Å². The van der Waals surface area contributed by atoms with E-state index in [1.54, 1.807) is 0 Å². The van der Waals surface area contributed by atoms with Gasteiger partial charge < -0.3 is 16.3 Å². The molecular weight excluding hydrogens is 286 g/mol. The minimum atomic E-state index is -0.789. The Morgan fingerprint density at radius 3 is 2.29 bits per heavy atom. The van der Waals surface area contributed by atoms with Crippen LogP contribution in [0.4, 0.5) is 0 Å². The molecule has 5 nitrogen and oxygen atoms in total. The zero-order valence-corrected chi connectivity index (χ0v) is 13.7. The molecule has 2 saturated carbocycles. The van der Waals surface area contributed by atoms with Crippen LogP contribution in [0.3, 0.4) is 0 Å². The molecule has 6 heteroatoms. The Balaban J connectivity index is 2.02. The standard InChI is InChI=1S/C15H27N3O2S/c1-21-14(7-3-2-4-8-14)11-17-13(19)15(12(16)18-20)9-5-6-10-15/h20H,2-11H2,1H3,(H2,16,18)(H,17,19). The predicted molar refractivity (Wildman–Crippen MR) is 86.7 cm³/mol. The maximum Gasteiger partial charge on any atom is 0.234 e. The lowest BCUT2D eigenvalue weighted by Crippen LogP contribution is -2.51. The lowest BCUT2D eigenvalue weighted by molar-refractivity contribution is -0.127. The highest BCUT2D eigenvalue weighted by atomic mass is 32.2. The second-order valence-electron chi connectivity index (χ2n) is 6.40. The van der Waals surface area contributed by atoms with Gasteiger partial charge >= 0.3 is 0 Å². The first kappa shape index (κ1) is 16.5. The molecule has 0 aliphatic heterocycles. The van der Waals surface area contributed by atoms with E-state index in [1.165, 1.54) is 19.3 Å². The molecule has 1 amide bonds. The van der Waals surface area contributed by atoms with Crippen LogP contribution in [-0.2, 0) is 4.79 Å². The Bertz CT molecular complexity index is 400. The number of nitrogens with one attached hydrogen (secondary N) is 1. The molecule has 0 bridgehead atoms. The van der Waals surface area contributed by atoms with Crippen LogP contribution in [0, 0.1) is 5.41 Å². The number of nitrogens with zero attached hydrogens (tertiary/aromatic N) is 1. The minimum Gasteiger partial charge on any atom is -0.409 e. The van der Waals surface area contributed by atoms with Crippen LogP contribution in [-0.4, -0.2) is 34.5 Å². The first-order chi connectivity index (χ1) is 10.1. The topological polar surface area (TPSA) is 87.7 Å². The van der Waals surface area contributed by atoms with Gasteiger partial charge in [0.15, 0.2) is 5.84 Å². The molecule has 0 atom stereocenters. The summed E-state index contributed by atoms with van der Waals surface area (Å²) in [6, 6.07) is 0. The molecule has 21 heavy (non-hydrogen) atoms. The maximum atomic E-state index is 12.7. The molecule has 4 N–H and O–H groups in total. The number of oxime groups is 1. The molecule has 0 aromatic rings. The molecule has 0 radical (unpaired) electrons. The van der Waals surface area contributed by atoms with Crippen molar-refractivity contribution in [1.82, 2.24) is 5.32 Å².